The van der Waals surface area contributed by atoms with Gasteiger partial charge in [-0.25, -0.2) is 13.2 Å². The van der Waals surface area contributed by atoms with Gasteiger partial charge in [0, 0.05) is 19.3 Å². The second-order valence-corrected chi connectivity index (χ2v) is 5.62. The highest BCUT2D eigenvalue weighted by atomic mass is 32.2. The number of sulfonamides is 1. The quantitative estimate of drug-likeness (QED) is 0.627. The number of likely N-dealkylation sites (N-methyl/N-ethyl adjacent to an activating group) is 1. The fourth-order valence-electron chi connectivity index (χ4n) is 1.37. The number of aliphatic hydroxyl groups is 1. The van der Waals surface area contributed by atoms with E-state index in [0.717, 1.165) is 16.4 Å². The van der Waals surface area contributed by atoms with Gasteiger partial charge in [-0.3, -0.25) is 0 Å². The van der Waals surface area contributed by atoms with Gasteiger partial charge >= 0.3 is 5.97 Å². The summed E-state index contributed by atoms with van der Waals surface area (Å²) in [6.45, 7) is -0.473. The van der Waals surface area contributed by atoms with Crippen molar-refractivity contribution in [1.82, 2.24) is 4.31 Å². The molecule has 7 nitrogen and oxygen atoms in total. The Morgan fingerprint density at radius 2 is 2.06 bits per heavy atom. The van der Waals surface area contributed by atoms with E-state index in [2.05, 4.69) is 0 Å². The standard InChI is InChI=1S/C10H14N2O5S/c1-12(4-5-13)18(16,17)9-3-2-7(11)6-8(9)10(14)15/h2-3,6,13H,4-5,11H2,1H3,(H,14,15). The highest BCUT2D eigenvalue weighted by Crippen LogP contribution is 2.21. The Balaban J connectivity index is 3.37. The zero-order valence-corrected chi connectivity index (χ0v) is 10.5. The summed E-state index contributed by atoms with van der Waals surface area (Å²) < 4.78 is 25.0. The van der Waals surface area contributed by atoms with Crippen LogP contribution in [0.1, 0.15) is 10.4 Å². The lowest BCUT2D eigenvalue weighted by atomic mass is 10.2. The summed E-state index contributed by atoms with van der Waals surface area (Å²) in [5.74, 6) is -1.38. The molecule has 0 aliphatic rings. The molecule has 0 unspecified atom stereocenters. The normalized spacial score (nSPS) is 11.7. The van der Waals surface area contributed by atoms with Crippen molar-refractivity contribution in [2.45, 2.75) is 4.90 Å². The smallest absolute Gasteiger partial charge is 0.337 e. The monoisotopic (exact) mass is 274 g/mol. The highest BCUT2D eigenvalue weighted by molar-refractivity contribution is 7.89. The maximum absolute atomic E-state index is 12.1. The number of carboxylic acid groups (broad SMARTS) is 1. The van der Waals surface area contributed by atoms with Crippen molar-refractivity contribution >= 4 is 21.7 Å². The van der Waals surface area contributed by atoms with Gasteiger partial charge in [0.25, 0.3) is 0 Å². The average Bonchev–Trinajstić information content (AvgIpc) is 2.28. The zero-order valence-electron chi connectivity index (χ0n) is 9.70. The summed E-state index contributed by atoms with van der Waals surface area (Å²) in [6.07, 6.45) is 0. The zero-order chi connectivity index (χ0) is 13.9. The van der Waals surface area contributed by atoms with Crippen molar-refractivity contribution in [1.29, 1.82) is 0 Å². The van der Waals surface area contributed by atoms with E-state index in [1.807, 2.05) is 0 Å². The van der Waals surface area contributed by atoms with Gasteiger partial charge in [0.05, 0.1) is 17.1 Å². The van der Waals surface area contributed by atoms with E-state index in [1.54, 1.807) is 0 Å². The molecule has 0 aromatic heterocycles. The van der Waals surface area contributed by atoms with Crippen LogP contribution in [-0.4, -0.2) is 49.1 Å². The first kappa shape index (κ1) is 14.4. The van der Waals surface area contributed by atoms with Crippen LogP contribution < -0.4 is 5.73 Å². The second-order valence-electron chi connectivity index (χ2n) is 3.61. The van der Waals surface area contributed by atoms with Crippen molar-refractivity contribution in [3.63, 3.8) is 0 Å². The molecule has 0 heterocycles. The number of nitrogen functional groups attached to an aromatic ring is 1. The number of nitrogens with zero attached hydrogens (tertiary/aromatic N) is 1. The lowest BCUT2D eigenvalue weighted by Gasteiger charge is -2.17. The first-order valence-corrected chi connectivity index (χ1v) is 6.44. The summed E-state index contributed by atoms with van der Waals surface area (Å²) in [5, 5.41) is 17.7. The molecule has 1 aromatic rings. The van der Waals surface area contributed by atoms with E-state index in [-0.39, 0.29) is 29.3 Å². The van der Waals surface area contributed by atoms with Crippen LogP contribution in [0.25, 0.3) is 0 Å². The van der Waals surface area contributed by atoms with Crippen molar-refractivity contribution in [2.24, 2.45) is 0 Å². The van der Waals surface area contributed by atoms with E-state index >= 15 is 0 Å². The first-order valence-electron chi connectivity index (χ1n) is 5.00. The summed E-state index contributed by atoms with van der Waals surface area (Å²) in [6, 6.07) is 3.54. The number of aliphatic hydroxyl groups excluding tert-OH is 1. The van der Waals surface area contributed by atoms with E-state index in [1.165, 1.54) is 13.1 Å². The Bertz CT molecular complexity index is 555. The van der Waals surface area contributed by atoms with Crippen LogP contribution >= 0.6 is 0 Å². The van der Waals surface area contributed by atoms with Crippen LogP contribution in [0.2, 0.25) is 0 Å². The van der Waals surface area contributed by atoms with Gasteiger partial charge < -0.3 is 15.9 Å². The van der Waals surface area contributed by atoms with Crippen LogP contribution in [0.4, 0.5) is 5.69 Å². The third-order valence-corrected chi connectivity index (χ3v) is 4.25. The maximum atomic E-state index is 12.1. The molecule has 1 aromatic carbocycles. The topological polar surface area (TPSA) is 121 Å². The molecule has 0 radical (unpaired) electrons. The fraction of sp³-hybridized carbons (Fsp3) is 0.300. The predicted octanol–water partition coefficient (Wildman–Crippen LogP) is -0.420. The summed E-state index contributed by atoms with van der Waals surface area (Å²) in [7, 11) is -2.70. The second kappa shape index (κ2) is 5.34. The number of aromatic carboxylic acids is 1. The molecule has 0 aliphatic heterocycles. The molecule has 0 aliphatic carbocycles. The molecule has 0 fully saturated rings. The summed E-state index contributed by atoms with van der Waals surface area (Å²) in [4.78, 5) is 10.7. The third kappa shape index (κ3) is 2.78. The third-order valence-electron chi connectivity index (χ3n) is 2.34. The summed E-state index contributed by atoms with van der Waals surface area (Å²) in [5.41, 5.74) is 5.21. The van der Waals surface area contributed by atoms with Crippen LogP contribution in [0.3, 0.4) is 0 Å². The molecule has 8 heteroatoms. The van der Waals surface area contributed by atoms with E-state index in [9.17, 15) is 13.2 Å². The van der Waals surface area contributed by atoms with Crippen molar-refractivity contribution < 1.29 is 23.4 Å². The Hall–Kier alpha value is -1.64. The van der Waals surface area contributed by atoms with Crippen molar-refractivity contribution in [3.8, 4) is 0 Å². The molecule has 18 heavy (non-hydrogen) atoms. The number of hydrogen-bond acceptors (Lipinski definition) is 5. The molecular weight excluding hydrogens is 260 g/mol. The highest BCUT2D eigenvalue weighted by Gasteiger charge is 2.26. The molecular formula is C10H14N2O5S. The number of carbonyl (C=O) groups is 1. The number of carboxylic acids is 1. The average molecular weight is 274 g/mol. The van der Waals surface area contributed by atoms with E-state index in [4.69, 9.17) is 15.9 Å². The van der Waals surface area contributed by atoms with Gasteiger partial charge in [-0.15, -0.1) is 0 Å². The van der Waals surface area contributed by atoms with E-state index in [0.29, 0.717) is 0 Å². The number of hydrogen-bond donors (Lipinski definition) is 3. The van der Waals surface area contributed by atoms with Crippen LogP contribution in [-0.2, 0) is 10.0 Å². The number of rotatable bonds is 5. The number of nitrogens with two attached hydrogens (primary N) is 1. The van der Waals surface area contributed by atoms with Crippen LogP contribution in [0, 0.1) is 0 Å². The Kier molecular flexibility index (Phi) is 4.28. The molecule has 0 amide bonds. The fourth-order valence-corrected chi connectivity index (χ4v) is 2.69. The van der Waals surface area contributed by atoms with Crippen molar-refractivity contribution in [3.05, 3.63) is 23.8 Å². The summed E-state index contributed by atoms with van der Waals surface area (Å²) >= 11 is 0. The van der Waals surface area contributed by atoms with Gasteiger partial charge in [-0.2, -0.15) is 4.31 Å². The molecule has 0 spiro atoms. The lowest BCUT2D eigenvalue weighted by molar-refractivity contribution is 0.0692. The minimum absolute atomic E-state index is 0.119. The SMILES string of the molecule is CN(CCO)S(=O)(=O)c1ccc(N)cc1C(=O)O. The van der Waals surface area contributed by atoms with Gasteiger partial charge in [0.2, 0.25) is 10.0 Å². The molecule has 0 atom stereocenters. The van der Waals surface area contributed by atoms with Gasteiger partial charge in [0.1, 0.15) is 0 Å². The number of benzene rings is 1. The first-order chi connectivity index (χ1) is 8.30. The number of anilines is 1. The lowest BCUT2D eigenvalue weighted by Crippen LogP contribution is -2.30. The molecule has 0 bridgehead atoms. The molecule has 100 valence electrons. The minimum atomic E-state index is -3.96. The molecule has 4 N–H and O–H groups in total. The molecule has 0 saturated carbocycles. The Morgan fingerprint density at radius 3 is 2.56 bits per heavy atom. The maximum Gasteiger partial charge on any atom is 0.337 e. The van der Waals surface area contributed by atoms with Gasteiger partial charge in [-0.1, -0.05) is 0 Å². The van der Waals surface area contributed by atoms with Crippen LogP contribution in [0.5, 0.6) is 0 Å². The molecule has 0 saturated heterocycles. The van der Waals surface area contributed by atoms with Gasteiger partial charge in [-0.05, 0) is 18.2 Å². The minimum Gasteiger partial charge on any atom is -0.478 e. The van der Waals surface area contributed by atoms with Gasteiger partial charge in [0.15, 0.2) is 0 Å². The van der Waals surface area contributed by atoms with E-state index < -0.39 is 16.0 Å². The molecule has 1 rings (SSSR count). The van der Waals surface area contributed by atoms with Crippen LogP contribution in [0.15, 0.2) is 23.1 Å². The predicted molar refractivity (Wildman–Crippen MR) is 64.7 cm³/mol. The van der Waals surface area contributed by atoms with Crippen molar-refractivity contribution in [2.75, 3.05) is 25.9 Å². The largest absolute Gasteiger partial charge is 0.478 e. The Labute approximate surface area is 105 Å². The Morgan fingerprint density at radius 1 is 1.44 bits per heavy atom.